The molecule has 3 rings (SSSR count). The van der Waals surface area contributed by atoms with Crippen LogP contribution in [0.4, 0.5) is 0 Å². The molecule has 5 nitrogen and oxygen atoms in total. The van der Waals surface area contributed by atoms with Gasteiger partial charge in [0.05, 0.1) is 10.9 Å². The zero-order valence-corrected chi connectivity index (χ0v) is 13.3. The van der Waals surface area contributed by atoms with Gasteiger partial charge in [0.2, 0.25) is 0 Å². The number of halogens is 1. The van der Waals surface area contributed by atoms with Gasteiger partial charge in [-0.15, -0.1) is 0 Å². The summed E-state index contributed by atoms with van der Waals surface area (Å²) in [6.07, 6.45) is 1.33. The van der Waals surface area contributed by atoms with Crippen molar-refractivity contribution < 1.29 is 18.7 Å². The third-order valence-electron chi connectivity index (χ3n) is 3.43. The summed E-state index contributed by atoms with van der Waals surface area (Å²) in [5.74, 6) is -0.155. The molecule has 0 bridgehead atoms. The fourth-order valence-electron chi connectivity index (χ4n) is 2.32. The molecule has 0 unspecified atom stereocenters. The fraction of sp³-hybridized carbons (Fsp3) is 0.0556. The molecule has 120 valence electrons. The first-order valence-corrected chi connectivity index (χ1v) is 7.38. The number of hydrogen-bond donors (Lipinski definition) is 0. The van der Waals surface area contributed by atoms with Crippen LogP contribution in [0.5, 0.6) is 5.75 Å². The number of carbonyl (C=O) groups is 2. The highest BCUT2D eigenvalue weighted by molar-refractivity contribution is 6.67. The van der Waals surface area contributed by atoms with Crippen LogP contribution in [0.15, 0.2) is 57.9 Å². The molecule has 24 heavy (non-hydrogen) atoms. The second-order valence-electron chi connectivity index (χ2n) is 5.08. The Bertz CT molecular complexity index is 1000. The van der Waals surface area contributed by atoms with Gasteiger partial charge >= 0.3 is 5.97 Å². The smallest absolute Gasteiger partial charge is 0.308 e. The van der Waals surface area contributed by atoms with Crippen molar-refractivity contribution in [2.24, 2.45) is 0 Å². The molecule has 0 saturated carbocycles. The number of carbonyl (C=O) groups excluding carboxylic acids is 2. The monoisotopic (exact) mass is 342 g/mol. The first kappa shape index (κ1) is 16.0. The Kier molecular flexibility index (Phi) is 4.18. The number of fused-ring (bicyclic) bond motifs is 1. The van der Waals surface area contributed by atoms with Crippen LogP contribution < -0.4 is 10.2 Å². The molecule has 0 radical (unpaired) electrons. The maximum absolute atomic E-state index is 12.6. The van der Waals surface area contributed by atoms with E-state index in [4.69, 9.17) is 20.8 Å². The predicted octanol–water partition coefficient (Wildman–Crippen LogP) is 3.76. The van der Waals surface area contributed by atoms with Crippen molar-refractivity contribution >= 4 is 33.8 Å². The minimum atomic E-state index is -0.565. The van der Waals surface area contributed by atoms with Gasteiger partial charge in [-0.05, 0) is 41.4 Å². The molecule has 2 aromatic carbocycles. The second-order valence-corrected chi connectivity index (χ2v) is 5.42. The lowest BCUT2D eigenvalue weighted by atomic mass is 10.0. The molecule has 0 spiro atoms. The van der Waals surface area contributed by atoms with Gasteiger partial charge in [0.15, 0.2) is 5.43 Å². The van der Waals surface area contributed by atoms with Gasteiger partial charge in [-0.3, -0.25) is 14.4 Å². The summed E-state index contributed by atoms with van der Waals surface area (Å²) >= 11 is 5.41. The van der Waals surface area contributed by atoms with Gasteiger partial charge in [-0.1, -0.05) is 12.1 Å². The number of ether oxygens (including phenoxy) is 1. The molecular formula is C18H11ClO5. The van der Waals surface area contributed by atoms with Crippen LogP contribution in [0.2, 0.25) is 0 Å². The zero-order chi connectivity index (χ0) is 17.3. The van der Waals surface area contributed by atoms with Gasteiger partial charge in [0.1, 0.15) is 17.6 Å². The molecule has 0 N–H and O–H groups in total. The molecule has 6 heteroatoms. The first-order chi connectivity index (χ1) is 11.5. The van der Waals surface area contributed by atoms with Gasteiger partial charge in [0.25, 0.3) is 5.24 Å². The van der Waals surface area contributed by atoms with Crippen molar-refractivity contribution in [2.75, 3.05) is 0 Å². The van der Waals surface area contributed by atoms with Crippen molar-refractivity contribution in [3.8, 4) is 16.9 Å². The third-order valence-corrected chi connectivity index (χ3v) is 3.65. The summed E-state index contributed by atoms with van der Waals surface area (Å²) in [6.45, 7) is 1.29. The Morgan fingerprint density at radius 1 is 1.08 bits per heavy atom. The maximum Gasteiger partial charge on any atom is 0.308 e. The molecule has 0 saturated heterocycles. The Morgan fingerprint density at radius 2 is 1.79 bits per heavy atom. The highest BCUT2D eigenvalue weighted by atomic mass is 35.5. The fourth-order valence-corrected chi connectivity index (χ4v) is 2.44. The van der Waals surface area contributed by atoms with Crippen LogP contribution >= 0.6 is 11.6 Å². The van der Waals surface area contributed by atoms with E-state index in [9.17, 15) is 14.4 Å². The molecule has 0 aliphatic rings. The van der Waals surface area contributed by atoms with Gasteiger partial charge in [0, 0.05) is 18.6 Å². The number of benzene rings is 2. The van der Waals surface area contributed by atoms with Crippen molar-refractivity contribution in [3.05, 3.63) is 64.5 Å². The highest BCUT2D eigenvalue weighted by Gasteiger charge is 2.11. The quantitative estimate of drug-likeness (QED) is 0.411. The summed E-state index contributed by atoms with van der Waals surface area (Å²) in [4.78, 5) is 34.7. The predicted molar refractivity (Wildman–Crippen MR) is 89.4 cm³/mol. The summed E-state index contributed by atoms with van der Waals surface area (Å²) in [5, 5.41) is -0.203. The summed E-state index contributed by atoms with van der Waals surface area (Å²) < 4.78 is 10.5. The van der Waals surface area contributed by atoms with Crippen LogP contribution in [0, 0.1) is 0 Å². The van der Waals surface area contributed by atoms with Gasteiger partial charge in [-0.2, -0.15) is 0 Å². The van der Waals surface area contributed by atoms with Crippen molar-refractivity contribution in [3.63, 3.8) is 0 Å². The molecule has 0 aliphatic carbocycles. The number of hydrogen-bond acceptors (Lipinski definition) is 5. The Labute approximate surface area is 141 Å². The van der Waals surface area contributed by atoms with Crippen LogP contribution in [0.1, 0.15) is 17.3 Å². The molecule has 3 aromatic rings. The first-order valence-electron chi connectivity index (χ1n) is 7.00. The second kappa shape index (κ2) is 6.29. The average molecular weight is 343 g/mol. The van der Waals surface area contributed by atoms with Gasteiger partial charge < -0.3 is 9.15 Å². The SMILES string of the molecule is CC(=O)Oc1ccc2c(=O)c(-c3ccc(C(=O)Cl)cc3)coc2c1. The summed E-state index contributed by atoms with van der Waals surface area (Å²) in [5.41, 5.74) is 1.40. The third kappa shape index (κ3) is 3.07. The van der Waals surface area contributed by atoms with Gasteiger partial charge in [-0.25, -0.2) is 0 Å². The van der Waals surface area contributed by atoms with E-state index >= 15 is 0 Å². The topological polar surface area (TPSA) is 73.6 Å². The van der Waals surface area contributed by atoms with E-state index in [1.807, 2.05) is 0 Å². The number of esters is 1. The Hall–Kier alpha value is -2.92. The minimum absolute atomic E-state index is 0.226. The van der Waals surface area contributed by atoms with Crippen molar-refractivity contribution in [1.29, 1.82) is 0 Å². The summed E-state index contributed by atoms with van der Waals surface area (Å²) in [7, 11) is 0. The normalized spacial score (nSPS) is 10.6. The summed E-state index contributed by atoms with van der Waals surface area (Å²) in [6, 6.07) is 10.9. The Morgan fingerprint density at radius 3 is 2.42 bits per heavy atom. The van der Waals surface area contributed by atoms with Crippen LogP contribution in [-0.2, 0) is 4.79 Å². The van der Waals surface area contributed by atoms with E-state index < -0.39 is 11.2 Å². The molecule has 0 fully saturated rings. The van der Waals surface area contributed by atoms with E-state index in [0.717, 1.165) is 0 Å². The zero-order valence-electron chi connectivity index (χ0n) is 12.5. The van der Waals surface area contributed by atoms with E-state index in [0.29, 0.717) is 33.4 Å². The largest absolute Gasteiger partial charge is 0.463 e. The van der Waals surface area contributed by atoms with Crippen molar-refractivity contribution in [2.45, 2.75) is 6.92 Å². The Balaban J connectivity index is 2.07. The number of rotatable bonds is 3. The lowest BCUT2D eigenvalue weighted by Gasteiger charge is -2.05. The van der Waals surface area contributed by atoms with Crippen LogP contribution in [0.25, 0.3) is 22.1 Å². The molecule has 0 amide bonds. The van der Waals surface area contributed by atoms with E-state index in [1.165, 1.54) is 37.5 Å². The molecule has 0 atom stereocenters. The maximum atomic E-state index is 12.6. The highest BCUT2D eigenvalue weighted by Crippen LogP contribution is 2.23. The van der Waals surface area contributed by atoms with Crippen molar-refractivity contribution in [1.82, 2.24) is 0 Å². The standard InChI is InChI=1S/C18H11ClO5/c1-10(20)24-13-6-7-14-16(8-13)23-9-15(17(14)21)11-2-4-12(5-3-11)18(19)22/h2-9H,1H3. The molecule has 1 aromatic heterocycles. The van der Waals surface area contributed by atoms with Crippen LogP contribution in [0.3, 0.4) is 0 Å². The average Bonchev–Trinajstić information content (AvgIpc) is 2.54. The molecule has 1 heterocycles. The lowest BCUT2D eigenvalue weighted by Crippen LogP contribution is -2.06. The van der Waals surface area contributed by atoms with Crippen LogP contribution in [-0.4, -0.2) is 11.2 Å². The minimum Gasteiger partial charge on any atom is -0.463 e. The van der Waals surface area contributed by atoms with E-state index in [-0.39, 0.29) is 5.43 Å². The molecular weight excluding hydrogens is 332 g/mol. The van der Waals surface area contributed by atoms with E-state index in [1.54, 1.807) is 18.2 Å². The lowest BCUT2D eigenvalue weighted by molar-refractivity contribution is -0.131. The molecule has 0 aliphatic heterocycles. The van der Waals surface area contributed by atoms with E-state index in [2.05, 4.69) is 0 Å².